The van der Waals surface area contributed by atoms with Crippen molar-refractivity contribution in [3.8, 4) is 11.4 Å². The van der Waals surface area contributed by atoms with Gasteiger partial charge in [0.1, 0.15) is 18.2 Å². The van der Waals surface area contributed by atoms with E-state index in [0.717, 1.165) is 42.5 Å². The van der Waals surface area contributed by atoms with Crippen LogP contribution in [-0.4, -0.2) is 31.4 Å². The molecule has 2 heterocycles. The number of hydrogen-bond acceptors (Lipinski definition) is 8. The number of ether oxygens (including phenoxy) is 1. The molecule has 7 rings (SSSR count). The number of nitrogens with one attached hydrogen (secondary N) is 1. The van der Waals surface area contributed by atoms with Crippen LogP contribution in [0, 0.1) is 19.7 Å². The average Bonchev–Trinajstić information content (AvgIpc) is 3.71. The number of thioether (sulfide) groups is 2. The van der Waals surface area contributed by atoms with Gasteiger partial charge in [0.2, 0.25) is 5.91 Å². The van der Waals surface area contributed by atoms with Crippen LogP contribution in [0.25, 0.3) is 26.7 Å². The summed E-state index contributed by atoms with van der Waals surface area (Å²) in [6.45, 7) is 4.35. The Kier molecular flexibility index (Phi) is 9.42. The maximum Gasteiger partial charge on any atom is 0.234 e. The van der Waals surface area contributed by atoms with Crippen LogP contribution >= 0.6 is 34.9 Å². The summed E-state index contributed by atoms with van der Waals surface area (Å²) in [6, 6.07) is 32.4. The molecule has 1 N–H and O–H groups in total. The van der Waals surface area contributed by atoms with Crippen molar-refractivity contribution in [3.05, 3.63) is 131 Å². The van der Waals surface area contributed by atoms with Crippen molar-refractivity contribution in [1.82, 2.24) is 19.7 Å². The van der Waals surface area contributed by atoms with E-state index in [1.807, 2.05) is 95.6 Å². The topological polar surface area (TPSA) is 81.9 Å². The molecule has 240 valence electrons. The van der Waals surface area contributed by atoms with Crippen molar-refractivity contribution in [1.29, 1.82) is 0 Å². The molecule has 2 aromatic heterocycles. The Bertz CT molecular complexity index is 2250. The molecule has 0 unspecified atom stereocenters. The maximum absolute atomic E-state index is 14.3. The standard InChI is InChI=1S/C37H30FN5O2S3/c1-23-12-15-28(18-24(23)2)45-20-34-41-42-36(43(34)27-8-4-3-5-9-27)46-22-35(44)39-26-14-17-32-33(19-26)48-37(40-32)47-21-25-13-16-31(38)30-11-7-6-10-29(25)30/h3-19H,20-22H2,1-2H3,(H,39,44). The number of amides is 1. The van der Waals surface area contributed by atoms with Gasteiger partial charge in [-0.15, -0.1) is 21.5 Å². The van der Waals surface area contributed by atoms with Crippen molar-refractivity contribution in [2.45, 2.75) is 35.7 Å². The molecule has 0 bridgehead atoms. The highest BCUT2D eigenvalue weighted by Gasteiger charge is 2.17. The zero-order valence-electron chi connectivity index (χ0n) is 26.1. The molecule has 0 fully saturated rings. The lowest BCUT2D eigenvalue weighted by Crippen LogP contribution is -2.14. The van der Waals surface area contributed by atoms with Gasteiger partial charge in [0.25, 0.3) is 0 Å². The van der Waals surface area contributed by atoms with Crippen molar-refractivity contribution in [3.63, 3.8) is 0 Å². The summed E-state index contributed by atoms with van der Waals surface area (Å²) in [6.07, 6.45) is 0. The van der Waals surface area contributed by atoms with E-state index in [2.05, 4.69) is 29.4 Å². The van der Waals surface area contributed by atoms with Gasteiger partial charge < -0.3 is 10.1 Å². The van der Waals surface area contributed by atoms with Gasteiger partial charge in [-0.3, -0.25) is 9.36 Å². The first-order chi connectivity index (χ1) is 23.4. The first-order valence-electron chi connectivity index (χ1n) is 15.2. The zero-order valence-corrected chi connectivity index (χ0v) is 28.6. The van der Waals surface area contributed by atoms with E-state index in [1.165, 1.54) is 23.4 Å². The number of fused-ring (bicyclic) bond motifs is 2. The van der Waals surface area contributed by atoms with E-state index < -0.39 is 0 Å². The quantitative estimate of drug-likeness (QED) is 0.135. The molecule has 0 saturated heterocycles. The number of anilines is 1. The minimum absolute atomic E-state index is 0.149. The van der Waals surface area contributed by atoms with Crippen molar-refractivity contribution >= 4 is 67.4 Å². The van der Waals surface area contributed by atoms with Crippen LogP contribution in [-0.2, 0) is 17.2 Å². The first kappa shape index (κ1) is 31.9. The number of carbonyl (C=O) groups is 1. The third-order valence-electron chi connectivity index (χ3n) is 7.86. The molecule has 0 atom stereocenters. The van der Waals surface area contributed by atoms with Crippen LogP contribution in [0.3, 0.4) is 0 Å². The van der Waals surface area contributed by atoms with Gasteiger partial charge in [-0.1, -0.05) is 78.1 Å². The molecule has 0 saturated carbocycles. The van der Waals surface area contributed by atoms with Gasteiger partial charge in [0, 0.05) is 22.5 Å². The molecule has 48 heavy (non-hydrogen) atoms. The van der Waals surface area contributed by atoms with Crippen LogP contribution in [0.15, 0.2) is 113 Å². The molecular weight excluding hydrogens is 662 g/mol. The predicted octanol–water partition coefficient (Wildman–Crippen LogP) is 9.39. The third kappa shape index (κ3) is 7.08. The molecule has 1 amide bonds. The first-order valence-corrected chi connectivity index (χ1v) is 18.0. The Hall–Kier alpha value is -4.71. The van der Waals surface area contributed by atoms with E-state index in [1.54, 1.807) is 29.2 Å². The largest absolute Gasteiger partial charge is 0.486 e. The van der Waals surface area contributed by atoms with Crippen LogP contribution < -0.4 is 10.1 Å². The van der Waals surface area contributed by atoms with Crippen molar-refractivity contribution < 1.29 is 13.9 Å². The van der Waals surface area contributed by atoms with E-state index in [4.69, 9.17) is 9.72 Å². The number of para-hydroxylation sites is 1. The molecule has 0 aliphatic carbocycles. The minimum Gasteiger partial charge on any atom is -0.486 e. The molecule has 7 nitrogen and oxygen atoms in total. The molecule has 11 heteroatoms. The Morgan fingerprint density at radius 3 is 2.52 bits per heavy atom. The van der Waals surface area contributed by atoms with E-state index in [0.29, 0.717) is 27.8 Å². The van der Waals surface area contributed by atoms with Crippen molar-refractivity contribution in [2.75, 3.05) is 11.1 Å². The minimum atomic E-state index is -0.214. The summed E-state index contributed by atoms with van der Waals surface area (Å²) >= 11 is 4.51. The number of carbonyl (C=O) groups excluding carboxylic acids is 1. The van der Waals surface area contributed by atoms with Gasteiger partial charge in [-0.05, 0) is 84.5 Å². The second-order valence-electron chi connectivity index (χ2n) is 11.1. The average molecular weight is 692 g/mol. The Balaban J connectivity index is 1.00. The maximum atomic E-state index is 14.3. The van der Waals surface area contributed by atoms with Gasteiger partial charge >= 0.3 is 0 Å². The van der Waals surface area contributed by atoms with Crippen LogP contribution in [0.2, 0.25) is 0 Å². The smallest absolute Gasteiger partial charge is 0.234 e. The Morgan fingerprint density at radius 2 is 1.69 bits per heavy atom. The summed E-state index contributed by atoms with van der Waals surface area (Å²) in [5.41, 5.74) is 5.88. The number of halogens is 1. The highest BCUT2D eigenvalue weighted by molar-refractivity contribution is 8.00. The van der Waals surface area contributed by atoms with E-state index in [9.17, 15) is 9.18 Å². The number of aryl methyl sites for hydroxylation is 2. The fourth-order valence-electron chi connectivity index (χ4n) is 5.24. The highest BCUT2D eigenvalue weighted by Crippen LogP contribution is 2.35. The fourth-order valence-corrected chi connectivity index (χ4v) is 8.12. The molecule has 7 aromatic rings. The third-order valence-corrected chi connectivity index (χ3v) is 11.0. The fraction of sp³-hybridized carbons (Fsp3) is 0.135. The summed E-state index contributed by atoms with van der Waals surface area (Å²) < 4.78 is 24.2. The number of benzene rings is 5. The molecule has 0 radical (unpaired) electrons. The monoisotopic (exact) mass is 691 g/mol. The molecule has 5 aromatic carbocycles. The number of nitrogens with zero attached hydrogens (tertiary/aromatic N) is 4. The van der Waals surface area contributed by atoms with Gasteiger partial charge in [-0.25, -0.2) is 9.37 Å². The Labute approximate surface area is 289 Å². The Morgan fingerprint density at radius 1 is 0.875 bits per heavy atom. The summed E-state index contributed by atoms with van der Waals surface area (Å²) in [7, 11) is 0. The second kappa shape index (κ2) is 14.2. The molecule has 0 aliphatic rings. The SMILES string of the molecule is Cc1ccc(OCc2nnc(SCC(=O)Nc3ccc4nc(SCc5ccc(F)c6ccccc56)sc4c3)n2-c2ccccc2)cc1C. The number of aromatic nitrogens is 4. The summed E-state index contributed by atoms with van der Waals surface area (Å²) in [4.78, 5) is 17.9. The summed E-state index contributed by atoms with van der Waals surface area (Å²) in [5.74, 6) is 1.86. The van der Waals surface area contributed by atoms with Crippen LogP contribution in [0.4, 0.5) is 10.1 Å². The number of hydrogen-bond donors (Lipinski definition) is 1. The second-order valence-corrected chi connectivity index (χ2v) is 14.3. The molecule has 0 spiro atoms. The number of thiazole rings is 1. The normalized spacial score (nSPS) is 11.3. The highest BCUT2D eigenvalue weighted by atomic mass is 32.2. The van der Waals surface area contributed by atoms with Crippen molar-refractivity contribution in [2.24, 2.45) is 0 Å². The lowest BCUT2D eigenvalue weighted by molar-refractivity contribution is -0.113. The van der Waals surface area contributed by atoms with Crippen LogP contribution in [0.1, 0.15) is 22.5 Å². The zero-order chi connectivity index (χ0) is 33.0. The van der Waals surface area contributed by atoms with E-state index in [-0.39, 0.29) is 24.1 Å². The summed E-state index contributed by atoms with van der Waals surface area (Å²) in [5, 5.41) is 14.0. The number of rotatable bonds is 11. The van der Waals surface area contributed by atoms with Crippen LogP contribution in [0.5, 0.6) is 5.75 Å². The van der Waals surface area contributed by atoms with E-state index >= 15 is 0 Å². The predicted molar refractivity (Wildman–Crippen MR) is 194 cm³/mol. The lowest BCUT2D eigenvalue weighted by atomic mass is 10.1. The van der Waals surface area contributed by atoms with Gasteiger partial charge in [0.15, 0.2) is 15.3 Å². The van der Waals surface area contributed by atoms with Gasteiger partial charge in [-0.2, -0.15) is 0 Å². The lowest BCUT2D eigenvalue weighted by Gasteiger charge is -2.12. The van der Waals surface area contributed by atoms with Gasteiger partial charge in [0.05, 0.1) is 16.0 Å². The molecular formula is C37H30FN5O2S3. The molecule has 0 aliphatic heterocycles.